The maximum absolute atomic E-state index is 12.7. The van der Waals surface area contributed by atoms with Crippen LogP contribution in [0.1, 0.15) is 18.4 Å². The summed E-state index contributed by atoms with van der Waals surface area (Å²) in [6.07, 6.45) is 2.51. The first-order chi connectivity index (χ1) is 8.20. The van der Waals surface area contributed by atoms with Gasteiger partial charge in [-0.3, -0.25) is 4.79 Å². The number of nitrogens with zero attached hydrogens (tertiary/aromatic N) is 1. The molecule has 1 aliphatic heterocycles. The smallest absolute Gasteiger partial charge is 0.227 e. The normalized spacial score (nSPS) is 19.6. The molecule has 17 heavy (non-hydrogen) atoms. The van der Waals surface area contributed by atoms with Crippen molar-refractivity contribution < 1.29 is 9.18 Å². The second-order valence-corrected chi connectivity index (χ2v) is 4.99. The molecule has 1 aromatic carbocycles. The third-order valence-corrected chi connectivity index (χ3v) is 3.89. The number of benzene rings is 1. The van der Waals surface area contributed by atoms with Crippen LogP contribution in [0.4, 0.5) is 4.39 Å². The van der Waals surface area contributed by atoms with E-state index < -0.39 is 0 Å². The van der Waals surface area contributed by atoms with Crippen molar-refractivity contribution >= 4 is 21.8 Å². The number of rotatable bonds is 3. The highest BCUT2D eigenvalue weighted by Gasteiger charge is 2.27. The molecular formula is C13H15BrFNO. The molecule has 0 aliphatic carbocycles. The van der Waals surface area contributed by atoms with Crippen LogP contribution < -0.4 is 0 Å². The van der Waals surface area contributed by atoms with Gasteiger partial charge < -0.3 is 4.90 Å². The number of alkyl halides is 1. The molecule has 1 fully saturated rings. The summed E-state index contributed by atoms with van der Waals surface area (Å²) in [5.74, 6) is -0.126. The average Bonchev–Trinajstić information content (AvgIpc) is 2.80. The summed E-state index contributed by atoms with van der Waals surface area (Å²) in [4.78, 5) is 14.0. The van der Waals surface area contributed by atoms with Crippen molar-refractivity contribution in [3.05, 3.63) is 35.6 Å². The van der Waals surface area contributed by atoms with Crippen LogP contribution in [0.25, 0.3) is 0 Å². The number of likely N-dealkylation sites (tertiary alicyclic amines) is 1. The van der Waals surface area contributed by atoms with Crippen molar-refractivity contribution in [1.82, 2.24) is 4.90 Å². The Morgan fingerprint density at radius 1 is 1.41 bits per heavy atom. The van der Waals surface area contributed by atoms with Gasteiger partial charge in [0.1, 0.15) is 5.82 Å². The van der Waals surface area contributed by atoms with Gasteiger partial charge in [0.25, 0.3) is 0 Å². The molecule has 1 atom stereocenters. The Morgan fingerprint density at radius 2 is 2.12 bits per heavy atom. The van der Waals surface area contributed by atoms with Gasteiger partial charge in [-0.1, -0.05) is 28.1 Å². The van der Waals surface area contributed by atoms with Gasteiger partial charge in [-0.25, -0.2) is 4.39 Å². The van der Waals surface area contributed by atoms with E-state index in [2.05, 4.69) is 15.9 Å². The zero-order valence-electron chi connectivity index (χ0n) is 9.53. The fourth-order valence-electron chi connectivity index (χ4n) is 2.20. The van der Waals surface area contributed by atoms with Crippen molar-refractivity contribution in [3.63, 3.8) is 0 Å². The van der Waals surface area contributed by atoms with Crippen molar-refractivity contribution in [2.24, 2.45) is 0 Å². The number of hydrogen-bond donors (Lipinski definition) is 0. The van der Waals surface area contributed by atoms with Crippen molar-refractivity contribution in [2.45, 2.75) is 25.3 Å². The van der Waals surface area contributed by atoms with E-state index in [1.807, 2.05) is 4.90 Å². The summed E-state index contributed by atoms with van der Waals surface area (Å²) >= 11 is 3.44. The molecule has 1 aliphatic rings. The molecule has 0 radical (unpaired) electrons. The summed E-state index contributed by atoms with van der Waals surface area (Å²) in [7, 11) is 0. The molecule has 1 aromatic rings. The van der Waals surface area contributed by atoms with Crippen LogP contribution in [0.2, 0.25) is 0 Å². The van der Waals surface area contributed by atoms with Gasteiger partial charge in [0.2, 0.25) is 5.91 Å². The molecule has 2 nitrogen and oxygen atoms in total. The van der Waals surface area contributed by atoms with Gasteiger partial charge >= 0.3 is 0 Å². The highest BCUT2D eigenvalue weighted by molar-refractivity contribution is 9.09. The largest absolute Gasteiger partial charge is 0.339 e. The van der Waals surface area contributed by atoms with Crippen molar-refractivity contribution in [2.75, 3.05) is 11.9 Å². The summed E-state index contributed by atoms with van der Waals surface area (Å²) in [5, 5.41) is 0.835. The summed E-state index contributed by atoms with van der Waals surface area (Å²) in [5.41, 5.74) is 0.872. The molecular weight excluding hydrogens is 285 g/mol. The zero-order valence-corrected chi connectivity index (χ0v) is 11.1. The SMILES string of the molecule is O=C(Cc1ccc(F)cc1)N1CCC[C@H]1CBr. The summed E-state index contributed by atoms with van der Waals surface area (Å²) < 4.78 is 12.7. The van der Waals surface area contributed by atoms with Crippen LogP contribution in [-0.4, -0.2) is 28.7 Å². The van der Waals surface area contributed by atoms with Gasteiger partial charge in [-0.15, -0.1) is 0 Å². The van der Waals surface area contributed by atoms with Gasteiger partial charge in [-0.05, 0) is 30.5 Å². The second kappa shape index (κ2) is 5.63. The van der Waals surface area contributed by atoms with Gasteiger partial charge in [0, 0.05) is 17.9 Å². The van der Waals surface area contributed by atoms with Crippen LogP contribution in [0.5, 0.6) is 0 Å². The van der Waals surface area contributed by atoms with Crippen LogP contribution in [0.3, 0.4) is 0 Å². The Labute approximate surface area is 109 Å². The number of halogens is 2. The molecule has 0 spiro atoms. The molecule has 4 heteroatoms. The topological polar surface area (TPSA) is 20.3 Å². The molecule has 0 aromatic heterocycles. The van der Waals surface area contributed by atoms with E-state index in [1.54, 1.807) is 12.1 Å². The maximum Gasteiger partial charge on any atom is 0.227 e. The predicted octanol–water partition coefficient (Wildman–Crippen LogP) is 2.75. The fraction of sp³-hybridized carbons (Fsp3) is 0.462. The molecule has 0 saturated carbocycles. The minimum absolute atomic E-state index is 0.138. The number of amides is 1. The zero-order chi connectivity index (χ0) is 12.3. The first-order valence-electron chi connectivity index (χ1n) is 5.80. The van der Waals surface area contributed by atoms with Gasteiger partial charge in [0.05, 0.1) is 6.42 Å². The van der Waals surface area contributed by atoms with E-state index >= 15 is 0 Å². The quantitative estimate of drug-likeness (QED) is 0.786. The highest BCUT2D eigenvalue weighted by atomic mass is 79.9. The predicted molar refractivity (Wildman–Crippen MR) is 68.6 cm³/mol. The van der Waals surface area contributed by atoms with Crippen LogP contribution in [0, 0.1) is 5.82 Å². The van der Waals surface area contributed by atoms with E-state index in [-0.39, 0.29) is 11.7 Å². The van der Waals surface area contributed by atoms with Gasteiger partial charge in [0.15, 0.2) is 0 Å². The first-order valence-corrected chi connectivity index (χ1v) is 6.92. The third-order valence-electron chi connectivity index (χ3n) is 3.14. The van der Waals surface area contributed by atoms with E-state index in [4.69, 9.17) is 0 Å². The number of carbonyl (C=O) groups is 1. The lowest BCUT2D eigenvalue weighted by Crippen LogP contribution is -2.37. The number of carbonyl (C=O) groups excluding carboxylic acids is 1. The molecule has 0 N–H and O–H groups in total. The standard InChI is InChI=1S/C13H15BrFNO/c14-9-12-2-1-7-16(12)13(17)8-10-3-5-11(15)6-4-10/h3-6,12H,1-2,7-9H2/t12-/m0/s1. The lowest BCUT2D eigenvalue weighted by Gasteiger charge is -2.23. The fourth-order valence-corrected chi connectivity index (χ4v) is 2.88. The summed E-state index contributed by atoms with van der Waals surface area (Å²) in [6, 6.07) is 6.46. The van der Waals surface area contributed by atoms with E-state index in [1.165, 1.54) is 12.1 Å². The molecule has 1 amide bonds. The average molecular weight is 300 g/mol. The molecule has 1 heterocycles. The Kier molecular flexibility index (Phi) is 4.15. The van der Waals surface area contributed by atoms with Crippen molar-refractivity contribution in [1.29, 1.82) is 0 Å². The maximum atomic E-state index is 12.7. The summed E-state index contributed by atoms with van der Waals surface area (Å²) in [6.45, 7) is 0.844. The van der Waals surface area contributed by atoms with Crippen LogP contribution in [0.15, 0.2) is 24.3 Å². The lowest BCUT2D eigenvalue weighted by atomic mass is 10.1. The Morgan fingerprint density at radius 3 is 2.76 bits per heavy atom. The Balaban J connectivity index is 1.99. The van der Waals surface area contributed by atoms with E-state index in [0.29, 0.717) is 12.5 Å². The monoisotopic (exact) mass is 299 g/mol. The van der Waals surface area contributed by atoms with Crippen LogP contribution in [-0.2, 0) is 11.2 Å². The lowest BCUT2D eigenvalue weighted by molar-refractivity contribution is -0.130. The van der Waals surface area contributed by atoms with E-state index in [9.17, 15) is 9.18 Å². The Hall–Kier alpha value is -0.900. The first kappa shape index (κ1) is 12.6. The number of hydrogen-bond acceptors (Lipinski definition) is 1. The van der Waals surface area contributed by atoms with E-state index in [0.717, 1.165) is 30.3 Å². The molecule has 92 valence electrons. The third kappa shape index (κ3) is 3.06. The molecule has 0 unspecified atom stereocenters. The minimum Gasteiger partial charge on any atom is -0.339 e. The van der Waals surface area contributed by atoms with Gasteiger partial charge in [-0.2, -0.15) is 0 Å². The van der Waals surface area contributed by atoms with Crippen LogP contribution >= 0.6 is 15.9 Å². The second-order valence-electron chi connectivity index (χ2n) is 4.34. The minimum atomic E-state index is -0.263. The Bertz CT molecular complexity index is 393. The molecule has 2 rings (SSSR count). The molecule has 0 bridgehead atoms. The van der Waals surface area contributed by atoms with Crippen molar-refractivity contribution in [3.8, 4) is 0 Å². The molecule has 1 saturated heterocycles. The highest BCUT2D eigenvalue weighted by Crippen LogP contribution is 2.20.